The van der Waals surface area contributed by atoms with E-state index in [1.807, 2.05) is 0 Å². The van der Waals surface area contributed by atoms with Gasteiger partial charge in [0.2, 0.25) is 0 Å². The van der Waals surface area contributed by atoms with Crippen LogP contribution in [0.15, 0.2) is 12.2 Å². The first kappa shape index (κ1) is 27.1. The fourth-order valence-electron chi connectivity index (χ4n) is 3.96. The molecule has 0 aliphatic carbocycles. The minimum atomic E-state index is -1.18. The lowest BCUT2D eigenvalue weighted by Gasteiger charge is -2.47. The maximum Gasteiger partial charge on any atom is 0.362 e. The van der Waals surface area contributed by atoms with Crippen molar-refractivity contribution in [3.05, 3.63) is 12.2 Å². The molecule has 0 rings (SSSR count). The highest BCUT2D eigenvalue weighted by Gasteiger charge is 2.52. The molecule has 3 N–H and O–H groups in total. The Morgan fingerprint density at radius 2 is 1.07 bits per heavy atom. The molecule has 0 saturated carbocycles. The van der Waals surface area contributed by atoms with Crippen molar-refractivity contribution in [2.45, 2.75) is 104 Å². The van der Waals surface area contributed by atoms with E-state index in [-0.39, 0.29) is 6.54 Å². The van der Waals surface area contributed by atoms with Crippen LogP contribution in [0.1, 0.15) is 85.5 Å². The Hall–Kier alpha value is -1.89. The Morgan fingerprint density at radius 3 is 1.48 bits per heavy atom. The van der Waals surface area contributed by atoms with Crippen LogP contribution in [-0.2, 0) is 14.4 Å². The highest BCUT2D eigenvalue weighted by atomic mass is 16.4. The molecule has 0 aromatic rings. The van der Waals surface area contributed by atoms with Gasteiger partial charge in [-0.1, -0.05) is 44.8 Å². The van der Waals surface area contributed by atoms with E-state index in [1.165, 1.54) is 20.8 Å². The number of carboxylic acids is 3. The number of allylic oxidation sites excluding steroid dienone is 2. The fourth-order valence-corrected chi connectivity index (χ4v) is 3.96. The third-order valence-electron chi connectivity index (χ3n) is 6.02. The third kappa shape index (κ3) is 8.56. The van der Waals surface area contributed by atoms with Crippen molar-refractivity contribution in [2.24, 2.45) is 0 Å². The lowest BCUT2D eigenvalue weighted by Crippen LogP contribution is -2.70. The maximum absolute atomic E-state index is 11.7. The number of carbonyl (C=O) groups is 3. The quantitative estimate of drug-likeness (QED) is 0.186. The molecule has 0 aromatic heterocycles. The van der Waals surface area contributed by atoms with Gasteiger partial charge in [-0.2, -0.15) is 0 Å². The minimum Gasteiger partial charge on any atom is -0.477 e. The number of quaternary nitrogens is 1. The summed E-state index contributed by atoms with van der Waals surface area (Å²) in [5, 5.41) is 28.6. The third-order valence-corrected chi connectivity index (χ3v) is 6.02. The molecular formula is C22H40NO6+. The number of nitrogens with zero attached hydrogens (tertiary/aromatic N) is 1. The zero-order chi connectivity index (χ0) is 22.4. The molecule has 3 unspecified atom stereocenters. The van der Waals surface area contributed by atoms with Gasteiger partial charge in [0, 0.05) is 0 Å². The van der Waals surface area contributed by atoms with Gasteiger partial charge in [-0.15, -0.1) is 0 Å². The second kappa shape index (κ2) is 14.1. The van der Waals surface area contributed by atoms with E-state index in [4.69, 9.17) is 0 Å². The SMILES string of the molecule is CCC/C=C/CCCCCCCC[N+](C(C)C(=O)O)(C(C)C(=O)O)C(C)C(=O)O. The van der Waals surface area contributed by atoms with Crippen LogP contribution in [0.3, 0.4) is 0 Å². The zero-order valence-electron chi connectivity index (χ0n) is 18.5. The normalized spacial score (nSPS) is 16.8. The number of rotatable bonds is 17. The van der Waals surface area contributed by atoms with Crippen LogP contribution in [0.4, 0.5) is 0 Å². The average molecular weight is 415 g/mol. The van der Waals surface area contributed by atoms with Crippen molar-refractivity contribution in [1.29, 1.82) is 0 Å². The van der Waals surface area contributed by atoms with Crippen LogP contribution < -0.4 is 0 Å². The topological polar surface area (TPSA) is 112 Å². The van der Waals surface area contributed by atoms with E-state index in [0.29, 0.717) is 6.42 Å². The first-order chi connectivity index (χ1) is 13.6. The van der Waals surface area contributed by atoms with Crippen LogP contribution >= 0.6 is 0 Å². The number of hydrogen-bond donors (Lipinski definition) is 3. The summed E-state index contributed by atoms with van der Waals surface area (Å²) in [6.07, 6.45) is 13.6. The Kier molecular flexibility index (Phi) is 13.2. The van der Waals surface area contributed by atoms with Gasteiger partial charge < -0.3 is 15.3 Å². The largest absolute Gasteiger partial charge is 0.477 e. The molecule has 7 heteroatoms. The highest BCUT2D eigenvalue weighted by Crippen LogP contribution is 2.27. The molecule has 0 spiro atoms. The molecule has 0 bridgehead atoms. The fraction of sp³-hybridized carbons (Fsp3) is 0.773. The molecule has 7 nitrogen and oxygen atoms in total. The minimum absolute atomic E-state index is 0.216. The van der Waals surface area contributed by atoms with Gasteiger partial charge in [-0.25, -0.2) is 14.4 Å². The Labute approximate surface area is 175 Å². The summed E-state index contributed by atoms with van der Waals surface area (Å²) in [7, 11) is 0. The van der Waals surface area contributed by atoms with Crippen molar-refractivity contribution >= 4 is 17.9 Å². The number of carboxylic acid groups (broad SMARTS) is 3. The Balaban J connectivity index is 4.84. The van der Waals surface area contributed by atoms with Gasteiger partial charge in [0.15, 0.2) is 18.1 Å². The average Bonchev–Trinajstić information content (AvgIpc) is 2.67. The molecule has 0 aromatic carbocycles. The van der Waals surface area contributed by atoms with E-state index in [1.54, 1.807) is 0 Å². The van der Waals surface area contributed by atoms with Gasteiger partial charge in [-0.05, 0) is 52.9 Å². The molecule has 0 amide bonds. The molecular weight excluding hydrogens is 374 g/mol. The van der Waals surface area contributed by atoms with Gasteiger partial charge in [0.05, 0.1) is 6.54 Å². The summed E-state index contributed by atoms with van der Waals surface area (Å²) >= 11 is 0. The monoisotopic (exact) mass is 414 g/mol. The van der Waals surface area contributed by atoms with E-state index in [2.05, 4.69) is 19.1 Å². The molecule has 0 fully saturated rings. The smallest absolute Gasteiger partial charge is 0.362 e. The number of unbranched alkanes of at least 4 members (excludes halogenated alkanes) is 7. The van der Waals surface area contributed by atoms with Gasteiger partial charge in [0.25, 0.3) is 0 Å². The molecule has 0 aliphatic rings. The van der Waals surface area contributed by atoms with Crippen molar-refractivity contribution in [3.63, 3.8) is 0 Å². The van der Waals surface area contributed by atoms with Crippen LogP contribution in [-0.4, -0.2) is 62.4 Å². The Bertz CT molecular complexity index is 495. The van der Waals surface area contributed by atoms with Crippen LogP contribution in [0.5, 0.6) is 0 Å². The lowest BCUT2D eigenvalue weighted by molar-refractivity contribution is -0.968. The predicted octanol–water partition coefficient (Wildman–Crippen LogP) is 4.31. The highest BCUT2D eigenvalue weighted by molar-refractivity contribution is 5.77. The second-order valence-electron chi connectivity index (χ2n) is 7.93. The van der Waals surface area contributed by atoms with E-state index < -0.39 is 40.5 Å². The first-order valence-corrected chi connectivity index (χ1v) is 10.8. The second-order valence-corrected chi connectivity index (χ2v) is 7.93. The standard InChI is InChI=1S/C22H39NO6/c1-5-6-7-8-9-10-11-12-13-14-15-16-23(17(2)20(24)25,18(3)21(26)27)19(4)22(28)29/h7-8,17-19H,5-6,9-16H2,1-4H3,(H2-,24,25,26,27,28,29)/p+1/b8-7+. The van der Waals surface area contributed by atoms with Gasteiger partial charge in [0.1, 0.15) is 0 Å². The Morgan fingerprint density at radius 1 is 0.690 bits per heavy atom. The van der Waals surface area contributed by atoms with Crippen LogP contribution in [0, 0.1) is 0 Å². The van der Waals surface area contributed by atoms with Gasteiger partial charge in [-0.3, -0.25) is 4.48 Å². The summed E-state index contributed by atoms with van der Waals surface area (Å²) in [6.45, 7) is 6.60. The molecule has 0 saturated heterocycles. The maximum atomic E-state index is 11.7. The summed E-state index contributed by atoms with van der Waals surface area (Å²) < 4.78 is -0.484. The van der Waals surface area contributed by atoms with E-state index >= 15 is 0 Å². The summed E-state index contributed by atoms with van der Waals surface area (Å²) in [5.74, 6) is -3.54. The first-order valence-electron chi connectivity index (χ1n) is 10.8. The predicted molar refractivity (Wildman–Crippen MR) is 113 cm³/mol. The molecule has 0 radical (unpaired) electrons. The van der Waals surface area contributed by atoms with Crippen LogP contribution in [0.2, 0.25) is 0 Å². The lowest BCUT2D eigenvalue weighted by atomic mass is 10.00. The zero-order valence-corrected chi connectivity index (χ0v) is 18.5. The molecule has 29 heavy (non-hydrogen) atoms. The van der Waals surface area contributed by atoms with Gasteiger partial charge >= 0.3 is 17.9 Å². The van der Waals surface area contributed by atoms with Crippen LogP contribution in [0.25, 0.3) is 0 Å². The summed E-state index contributed by atoms with van der Waals surface area (Å²) in [4.78, 5) is 35.1. The molecule has 0 aliphatic heterocycles. The summed E-state index contributed by atoms with van der Waals surface area (Å²) in [5.41, 5.74) is 0. The van der Waals surface area contributed by atoms with Crippen molar-refractivity contribution in [1.82, 2.24) is 0 Å². The van der Waals surface area contributed by atoms with E-state index in [9.17, 15) is 29.7 Å². The summed E-state index contributed by atoms with van der Waals surface area (Å²) in [6, 6.07) is -3.37. The van der Waals surface area contributed by atoms with Crippen molar-refractivity contribution in [3.8, 4) is 0 Å². The molecule has 0 heterocycles. The molecule has 168 valence electrons. The van der Waals surface area contributed by atoms with Crippen molar-refractivity contribution in [2.75, 3.05) is 6.54 Å². The number of hydrogen-bond acceptors (Lipinski definition) is 3. The van der Waals surface area contributed by atoms with Crippen molar-refractivity contribution < 1.29 is 34.2 Å². The number of aliphatic carboxylic acids is 3. The molecule has 3 atom stereocenters. The van der Waals surface area contributed by atoms with E-state index in [0.717, 1.165) is 51.4 Å².